The number of aromatic nitrogens is 4. The zero-order valence-electron chi connectivity index (χ0n) is 24.1. The third kappa shape index (κ3) is 11.3. The molecule has 0 aliphatic carbocycles. The highest BCUT2D eigenvalue weighted by Gasteiger charge is 2.48. The Balaban J connectivity index is 1.57. The van der Waals surface area contributed by atoms with Gasteiger partial charge >= 0.3 is 42.7 Å². The predicted molar refractivity (Wildman–Crippen MR) is 151 cm³/mol. The number of ether oxygens (including phenoxy) is 2. The van der Waals surface area contributed by atoms with Gasteiger partial charge in [0.2, 0.25) is 0 Å². The first-order chi connectivity index (χ1) is 22.5. The molecule has 3 rings (SSSR count). The van der Waals surface area contributed by atoms with Gasteiger partial charge in [-0.15, -0.1) is 0 Å². The number of rotatable bonds is 17. The minimum Gasteiger partial charge on any atom is -0.387 e. The Morgan fingerprint density at radius 1 is 0.796 bits per heavy atom. The number of hydrogen-bond acceptors (Lipinski definition) is 19. The molecule has 2 aromatic rings. The molecule has 10 N–H and O–H groups in total. The number of aliphatic hydroxyl groups is 4. The lowest BCUT2D eigenvalue weighted by Crippen LogP contribution is -2.43. The summed E-state index contributed by atoms with van der Waals surface area (Å²) in [4.78, 5) is 88.8. The van der Waals surface area contributed by atoms with Crippen molar-refractivity contribution in [3.05, 3.63) is 66.2 Å². The molecule has 2 aromatic heterocycles. The lowest BCUT2D eigenvalue weighted by Gasteiger charge is -2.27. The van der Waals surface area contributed by atoms with Crippen LogP contribution < -0.4 is 22.5 Å². The molecule has 0 amide bonds. The molecule has 0 spiro atoms. The summed E-state index contributed by atoms with van der Waals surface area (Å²) in [5.41, 5.74) is -3.93. The molecule has 0 saturated carbocycles. The van der Waals surface area contributed by atoms with E-state index in [1.54, 1.807) is 4.98 Å². The van der Waals surface area contributed by atoms with Gasteiger partial charge in [-0.05, 0) is 0 Å². The topological polar surface area (TPSA) is 404 Å². The Kier molecular flexibility index (Phi) is 13.4. The quantitative estimate of drug-likeness (QED) is 0.0683. The Morgan fingerprint density at radius 2 is 1.31 bits per heavy atom. The van der Waals surface area contributed by atoms with Crippen LogP contribution in [0.15, 0.2) is 43.7 Å². The van der Waals surface area contributed by atoms with Crippen molar-refractivity contribution < 1.29 is 89.7 Å². The normalized spacial score (nSPS) is 26.5. The fourth-order valence-electron chi connectivity index (χ4n) is 3.83. The maximum Gasteiger partial charge on any atom is 0.490 e. The van der Waals surface area contributed by atoms with Gasteiger partial charge in [-0.1, -0.05) is 0 Å². The number of nitrogens with zero attached hydrogens (tertiary/aromatic N) is 2. The van der Waals surface area contributed by atoms with Crippen LogP contribution in [-0.2, 0) is 49.7 Å². The molecule has 278 valence electrons. The van der Waals surface area contributed by atoms with Crippen LogP contribution in [0.2, 0.25) is 0 Å². The van der Waals surface area contributed by atoms with E-state index in [-0.39, 0.29) is 0 Å². The van der Waals surface area contributed by atoms with Crippen molar-refractivity contribution in [3.8, 4) is 0 Å². The first-order valence-electron chi connectivity index (χ1n) is 12.7. The number of methoxy groups -OCH3 is 1. The van der Waals surface area contributed by atoms with Crippen LogP contribution in [0.5, 0.6) is 0 Å². The zero-order valence-corrected chi connectivity index (χ0v) is 27.7. The number of phosphoric acid groups is 4. The van der Waals surface area contributed by atoms with Crippen LogP contribution in [0.25, 0.3) is 0 Å². The summed E-state index contributed by atoms with van der Waals surface area (Å²) < 4.78 is 79.8. The molecule has 1 aliphatic rings. The number of aromatic amines is 2. The summed E-state index contributed by atoms with van der Waals surface area (Å²) in [5, 5.41) is 40.8. The van der Waals surface area contributed by atoms with Crippen molar-refractivity contribution in [2.45, 2.75) is 43.0 Å². The van der Waals surface area contributed by atoms with E-state index in [1.165, 1.54) is 0 Å². The van der Waals surface area contributed by atoms with E-state index < -0.39 is 110 Å². The largest absolute Gasteiger partial charge is 0.490 e. The maximum absolute atomic E-state index is 12.2. The van der Waals surface area contributed by atoms with E-state index in [1.807, 2.05) is 4.98 Å². The smallest absolute Gasteiger partial charge is 0.387 e. The molecule has 31 heteroatoms. The highest BCUT2D eigenvalue weighted by atomic mass is 31.3. The van der Waals surface area contributed by atoms with Gasteiger partial charge in [0, 0.05) is 31.6 Å². The van der Waals surface area contributed by atoms with Crippen LogP contribution in [0.4, 0.5) is 0 Å². The molecular weight excluding hydrogens is 764 g/mol. The fraction of sp³-hybridized carbons (Fsp3) is 0.556. The van der Waals surface area contributed by atoms with E-state index in [9.17, 15) is 77.4 Å². The van der Waals surface area contributed by atoms with Crippen molar-refractivity contribution in [2.24, 2.45) is 0 Å². The molecule has 0 bridgehead atoms. The highest BCUT2D eigenvalue weighted by Crippen LogP contribution is 2.71. The molecule has 3 heterocycles. The summed E-state index contributed by atoms with van der Waals surface area (Å²) in [6, 6.07) is 1.66. The van der Waals surface area contributed by atoms with E-state index >= 15 is 0 Å². The van der Waals surface area contributed by atoms with Crippen LogP contribution in [-0.4, -0.2) is 110 Å². The van der Waals surface area contributed by atoms with E-state index in [4.69, 9.17) is 9.47 Å². The second-order valence-corrected chi connectivity index (χ2v) is 15.7. The molecule has 1 fully saturated rings. The number of hydrogen-bond donors (Lipinski definition) is 10. The van der Waals surface area contributed by atoms with E-state index in [0.717, 1.165) is 31.6 Å². The molecular formula is C18H28N4O23P4. The number of phosphoric ester groups is 2. The Hall–Kier alpha value is -2.32. The zero-order chi connectivity index (χ0) is 37.1. The third-order valence-corrected chi connectivity index (χ3v) is 11.9. The van der Waals surface area contributed by atoms with Crippen LogP contribution in [0.1, 0.15) is 12.5 Å². The second-order valence-electron chi connectivity index (χ2n) is 9.47. The summed E-state index contributed by atoms with van der Waals surface area (Å²) >= 11 is 0. The lowest BCUT2D eigenvalue weighted by atomic mass is 10.1. The molecule has 1 saturated heterocycles. The van der Waals surface area contributed by atoms with E-state index in [2.05, 4.69) is 22.0 Å². The van der Waals surface area contributed by atoms with Crippen molar-refractivity contribution in [3.63, 3.8) is 0 Å². The molecule has 11 atom stereocenters. The van der Waals surface area contributed by atoms with Gasteiger partial charge < -0.3 is 49.5 Å². The summed E-state index contributed by atoms with van der Waals surface area (Å²) in [7, 11) is -23.3. The monoisotopic (exact) mass is 792 g/mol. The maximum atomic E-state index is 12.2. The van der Waals surface area contributed by atoms with Crippen molar-refractivity contribution in [2.75, 3.05) is 20.3 Å². The summed E-state index contributed by atoms with van der Waals surface area (Å²) in [5.74, 6) is 0. The molecule has 49 heavy (non-hydrogen) atoms. The second kappa shape index (κ2) is 15.9. The van der Waals surface area contributed by atoms with Gasteiger partial charge in [0.05, 0.1) is 13.2 Å². The van der Waals surface area contributed by atoms with Crippen molar-refractivity contribution in [1.29, 1.82) is 0 Å². The SMILES string of the molecule is CO[C@H](COP(=O)(O)OP(=O)(O)OP(=O)(O)OP(=O)(O)OC[C@H]1O[C@@H](n2ccc(=O)[nH]c2=O)[C@H](O)[C@@H]1O)[C@@H](O)C(O)n1ccc(=O)[nH]c1=O. The summed E-state index contributed by atoms with van der Waals surface area (Å²) in [6.07, 6.45) is -11.7. The van der Waals surface area contributed by atoms with Gasteiger partial charge in [0.15, 0.2) is 12.5 Å². The Morgan fingerprint density at radius 3 is 1.84 bits per heavy atom. The van der Waals surface area contributed by atoms with Crippen molar-refractivity contribution in [1.82, 2.24) is 19.1 Å². The first-order valence-corrected chi connectivity index (χ1v) is 18.7. The fourth-order valence-corrected chi connectivity index (χ4v) is 8.78. The average Bonchev–Trinajstić information content (AvgIpc) is 3.22. The van der Waals surface area contributed by atoms with Crippen LogP contribution in [0.3, 0.4) is 0 Å². The van der Waals surface area contributed by atoms with Gasteiger partial charge in [0.1, 0.15) is 30.5 Å². The average molecular weight is 792 g/mol. The minimum absolute atomic E-state index is 0.422. The van der Waals surface area contributed by atoms with Gasteiger partial charge in [-0.2, -0.15) is 12.9 Å². The first kappa shape index (κ1) is 41.1. The molecule has 5 unspecified atom stereocenters. The van der Waals surface area contributed by atoms with Crippen LogP contribution in [0, 0.1) is 0 Å². The van der Waals surface area contributed by atoms with Crippen LogP contribution >= 0.6 is 31.3 Å². The van der Waals surface area contributed by atoms with Gasteiger partial charge in [-0.25, -0.2) is 27.8 Å². The van der Waals surface area contributed by atoms with Gasteiger partial charge in [-0.3, -0.25) is 37.7 Å². The molecule has 27 nitrogen and oxygen atoms in total. The highest BCUT2D eigenvalue weighted by molar-refractivity contribution is 7.69. The molecule has 1 aliphatic heterocycles. The number of aliphatic hydroxyl groups excluding tert-OH is 4. The predicted octanol–water partition coefficient (Wildman–Crippen LogP) is -3.94. The standard InChI is InChI=1S/C18H28N4O23P4/c1-39-8(13(26)15(28)21-4-2-10(23)19-17(21)29)6-40-46(31,32)43-48(35,36)45-49(37,38)44-47(33,34)41-7-9-12(25)14(27)16(42-9)22-5-3-11(24)20-18(22)30/h2-5,8-9,12-16,25-28H,6-7H2,1H3,(H,31,32)(H,33,34)(H,35,36)(H,37,38)(H,19,23,29)(H,20,24,30)/t8-,9-,12-,13-,14-,15?,16-/m1/s1. The van der Waals surface area contributed by atoms with E-state index in [0.29, 0.717) is 9.13 Å². The lowest BCUT2D eigenvalue weighted by molar-refractivity contribution is -0.117. The number of H-pyrrole nitrogens is 2. The Bertz CT molecular complexity index is 1860. The molecule has 0 radical (unpaired) electrons. The third-order valence-electron chi connectivity index (χ3n) is 6.01. The minimum atomic E-state index is -6.25. The number of nitrogens with one attached hydrogen (secondary N) is 2. The summed E-state index contributed by atoms with van der Waals surface area (Å²) in [6.45, 7) is -2.47. The van der Waals surface area contributed by atoms with Crippen molar-refractivity contribution >= 4 is 31.3 Å². The Labute approximate surface area is 269 Å². The molecule has 0 aromatic carbocycles. The van der Waals surface area contributed by atoms with Gasteiger partial charge in [0.25, 0.3) is 11.1 Å².